The van der Waals surface area contributed by atoms with Crippen molar-refractivity contribution in [1.82, 2.24) is 20.4 Å². The minimum absolute atomic E-state index is 0.265. The van der Waals surface area contributed by atoms with Gasteiger partial charge in [0, 0.05) is 29.9 Å². The third kappa shape index (κ3) is 4.58. The van der Waals surface area contributed by atoms with Crippen molar-refractivity contribution in [1.29, 1.82) is 0 Å². The van der Waals surface area contributed by atoms with Gasteiger partial charge in [-0.25, -0.2) is 14.7 Å². The van der Waals surface area contributed by atoms with Crippen LogP contribution in [0.25, 0.3) is 22.4 Å². The van der Waals surface area contributed by atoms with Crippen LogP contribution in [-0.2, 0) is 20.3 Å². The van der Waals surface area contributed by atoms with Crippen LogP contribution < -0.4 is 15.1 Å². The van der Waals surface area contributed by atoms with Crippen molar-refractivity contribution in [2.75, 3.05) is 31.2 Å². The Bertz CT molecular complexity index is 1450. The average Bonchev–Trinajstić information content (AvgIpc) is 3.49. The van der Waals surface area contributed by atoms with E-state index in [1.54, 1.807) is 30.3 Å². The molecular weight excluding hydrogens is 492 g/mol. The van der Waals surface area contributed by atoms with Crippen LogP contribution in [0.15, 0.2) is 59.0 Å². The van der Waals surface area contributed by atoms with Crippen molar-refractivity contribution in [3.63, 3.8) is 0 Å². The van der Waals surface area contributed by atoms with Crippen LogP contribution in [0.4, 0.5) is 5.69 Å². The number of hydrogen-bond donors (Lipinski definition) is 2. The van der Waals surface area contributed by atoms with E-state index < -0.39 is 11.3 Å². The molecule has 12 heteroatoms. The number of hydroxylamine groups is 1. The normalized spacial score (nSPS) is 17.9. The first-order valence-electron chi connectivity index (χ1n) is 10.8. The Balaban J connectivity index is 1.24. The SMILES string of the molecule is O=S1N=C(c2cccc(Oc3nc4nc(-c5ccc(N6CCOCC6)cc5)c(Cl)cc4[nH]3)c2)NO1. The van der Waals surface area contributed by atoms with Crippen LogP contribution in [-0.4, -0.2) is 51.3 Å². The number of ether oxygens (including phenoxy) is 2. The molecule has 4 aromatic rings. The number of nitrogens with zero attached hydrogens (tertiary/aromatic N) is 4. The summed E-state index contributed by atoms with van der Waals surface area (Å²) in [5.41, 5.74) is 7.01. The van der Waals surface area contributed by atoms with Crippen LogP contribution >= 0.6 is 11.6 Å². The maximum Gasteiger partial charge on any atom is 0.309 e. The van der Waals surface area contributed by atoms with Gasteiger partial charge in [0.15, 0.2) is 11.5 Å². The lowest BCUT2D eigenvalue weighted by Gasteiger charge is -2.28. The second-order valence-corrected chi connectivity index (χ2v) is 9.04. The zero-order valence-corrected chi connectivity index (χ0v) is 19.8. The fourth-order valence-corrected chi connectivity index (χ4v) is 4.65. The van der Waals surface area contributed by atoms with Gasteiger partial charge in [0.2, 0.25) is 0 Å². The molecule has 0 saturated carbocycles. The highest BCUT2D eigenvalue weighted by Crippen LogP contribution is 2.31. The molecule has 4 heterocycles. The van der Waals surface area contributed by atoms with Crippen LogP contribution in [0.5, 0.6) is 11.8 Å². The molecule has 0 aliphatic carbocycles. The zero-order valence-electron chi connectivity index (χ0n) is 18.2. The van der Waals surface area contributed by atoms with Crippen LogP contribution in [0.2, 0.25) is 5.02 Å². The lowest BCUT2D eigenvalue weighted by Crippen LogP contribution is -2.36. The number of aromatic amines is 1. The molecule has 2 aliphatic heterocycles. The molecule has 2 aromatic heterocycles. The average molecular weight is 511 g/mol. The van der Waals surface area contributed by atoms with E-state index in [-0.39, 0.29) is 6.01 Å². The maximum absolute atomic E-state index is 11.3. The molecule has 178 valence electrons. The molecule has 1 unspecified atom stereocenters. The van der Waals surface area contributed by atoms with Gasteiger partial charge in [-0.1, -0.05) is 35.9 Å². The van der Waals surface area contributed by atoms with E-state index in [0.29, 0.717) is 39.0 Å². The Morgan fingerprint density at radius 3 is 2.63 bits per heavy atom. The van der Waals surface area contributed by atoms with Crippen LogP contribution in [0.3, 0.4) is 0 Å². The molecule has 35 heavy (non-hydrogen) atoms. The smallest absolute Gasteiger partial charge is 0.309 e. The fraction of sp³-hybridized carbons (Fsp3) is 0.174. The van der Waals surface area contributed by atoms with E-state index in [2.05, 4.69) is 41.9 Å². The number of anilines is 1. The van der Waals surface area contributed by atoms with Gasteiger partial charge in [-0.2, -0.15) is 9.27 Å². The Morgan fingerprint density at radius 1 is 1.03 bits per heavy atom. The Hall–Kier alpha value is -3.51. The lowest BCUT2D eigenvalue weighted by molar-refractivity contribution is 0.122. The van der Waals surface area contributed by atoms with Crippen LogP contribution in [0, 0.1) is 0 Å². The summed E-state index contributed by atoms with van der Waals surface area (Å²) in [6, 6.07) is 17.3. The van der Waals surface area contributed by atoms with Gasteiger partial charge in [0.1, 0.15) is 5.75 Å². The lowest BCUT2D eigenvalue weighted by atomic mass is 10.1. The number of halogens is 1. The highest BCUT2D eigenvalue weighted by atomic mass is 35.5. The molecule has 6 rings (SSSR count). The number of H-pyrrole nitrogens is 1. The predicted octanol–water partition coefficient (Wildman–Crippen LogP) is 3.77. The minimum atomic E-state index is -1.74. The summed E-state index contributed by atoms with van der Waals surface area (Å²) in [7, 11) is 0. The molecule has 0 spiro atoms. The Morgan fingerprint density at radius 2 is 1.86 bits per heavy atom. The largest absolute Gasteiger partial charge is 0.426 e. The summed E-state index contributed by atoms with van der Waals surface area (Å²) < 4.78 is 31.3. The van der Waals surface area contributed by atoms with Crippen molar-refractivity contribution in [3.8, 4) is 23.0 Å². The van der Waals surface area contributed by atoms with Crippen molar-refractivity contribution in [3.05, 3.63) is 65.2 Å². The van der Waals surface area contributed by atoms with Crippen LogP contribution in [0.1, 0.15) is 5.56 Å². The molecule has 0 amide bonds. The quantitative estimate of drug-likeness (QED) is 0.417. The number of benzene rings is 2. The monoisotopic (exact) mass is 510 g/mol. The molecule has 0 radical (unpaired) electrons. The number of aromatic nitrogens is 3. The number of pyridine rings is 1. The topological polar surface area (TPSA) is 114 Å². The maximum atomic E-state index is 11.3. The van der Waals surface area contributed by atoms with Crippen molar-refractivity contribution in [2.45, 2.75) is 0 Å². The number of fused-ring (bicyclic) bond motifs is 1. The highest BCUT2D eigenvalue weighted by molar-refractivity contribution is 7.79. The van der Waals surface area contributed by atoms with E-state index in [4.69, 9.17) is 25.4 Å². The van der Waals surface area contributed by atoms with E-state index in [0.717, 1.165) is 37.6 Å². The van der Waals surface area contributed by atoms with E-state index >= 15 is 0 Å². The number of nitrogens with one attached hydrogen (secondary N) is 2. The standard InChI is InChI=1S/C23H19ClN6O4S/c24-18-13-19-22(26-20(18)14-4-6-16(7-5-14)30-8-10-32-11-9-30)27-23(25-19)33-17-3-1-2-15(12-17)21-28-34-35(31)29-21/h1-7,12-13H,8-11H2,(H,28,29)(H,25,26,27). The van der Waals surface area contributed by atoms with Gasteiger partial charge >= 0.3 is 17.3 Å². The first-order chi connectivity index (χ1) is 17.1. The summed E-state index contributed by atoms with van der Waals surface area (Å²) in [5.74, 6) is 0.866. The summed E-state index contributed by atoms with van der Waals surface area (Å²) >= 11 is 4.82. The molecule has 0 bridgehead atoms. The van der Waals surface area contributed by atoms with Crippen molar-refractivity contribution < 1.29 is 18.0 Å². The fourth-order valence-electron chi connectivity index (χ4n) is 3.92. The number of imidazole rings is 1. The summed E-state index contributed by atoms with van der Waals surface area (Å²) in [4.78, 5) is 14.5. The van der Waals surface area contributed by atoms with Gasteiger partial charge in [-0.15, -0.1) is 4.40 Å². The summed E-state index contributed by atoms with van der Waals surface area (Å²) in [6.07, 6.45) is 0. The molecule has 1 saturated heterocycles. The third-order valence-corrected chi connectivity index (χ3v) is 6.47. The van der Waals surface area contributed by atoms with Crippen molar-refractivity contribution >= 4 is 45.6 Å². The Kier molecular flexibility index (Phi) is 5.82. The molecular formula is C23H19ClN6O4S. The molecule has 1 atom stereocenters. The van der Waals surface area contributed by atoms with Gasteiger partial charge < -0.3 is 19.4 Å². The summed E-state index contributed by atoms with van der Waals surface area (Å²) in [5, 5.41) is 0.507. The van der Waals surface area contributed by atoms with E-state index in [9.17, 15) is 4.21 Å². The molecule has 2 aliphatic rings. The number of amidine groups is 1. The molecule has 1 fully saturated rings. The first kappa shape index (κ1) is 22.0. The van der Waals surface area contributed by atoms with E-state index in [1.165, 1.54) is 0 Å². The second-order valence-electron chi connectivity index (χ2n) is 7.85. The number of hydrogen-bond acceptors (Lipinski definition) is 8. The Labute approximate surface area is 207 Å². The molecule has 2 N–H and O–H groups in total. The minimum Gasteiger partial charge on any atom is -0.426 e. The number of morpholine rings is 1. The van der Waals surface area contributed by atoms with Crippen molar-refractivity contribution in [2.24, 2.45) is 4.40 Å². The summed E-state index contributed by atoms with van der Waals surface area (Å²) in [6.45, 7) is 3.23. The van der Waals surface area contributed by atoms with Gasteiger partial charge in [0.05, 0.1) is 29.4 Å². The molecule has 10 nitrogen and oxygen atoms in total. The third-order valence-electron chi connectivity index (χ3n) is 5.62. The van der Waals surface area contributed by atoms with Gasteiger partial charge in [-0.05, 0) is 30.3 Å². The predicted molar refractivity (Wildman–Crippen MR) is 133 cm³/mol. The zero-order chi connectivity index (χ0) is 23.8. The highest BCUT2D eigenvalue weighted by Gasteiger charge is 2.17. The second kappa shape index (κ2) is 9.27. The number of rotatable bonds is 5. The molecule has 2 aromatic carbocycles. The van der Waals surface area contributed by atoms with Gasteiger partial charge in [0.25, 0.3) is 0 Å². The first-order valence-corrected chi connectivity index (χ1v) is 12.2. The van der Waals surface area contributed by atoms with Gasteiger partial charge in [-0.3, -0.25) is 0 Å². The van der Waals surface area contributed by atoms with E-state index in [1.807, 2.05) is 12.1 Å².